The molecule has 0 aromatic rings. The summed E-state index contributed by atoms with van der Waals surface area (Å²) < 4.78 is 0. The molecule has 20 heavy (non-hydrogen) atoms. The van der Waals surface area contributed by atoms with E-state index in [4.69, 9.17) is 5.73 Å². The van der Waals surface area contributed by atoms with Crippen LogP contribution in [0.3, 0.4) is 0 Å². The zero-order valence-electron chi connectivity index (χ0n) is 13.3. The summed E-state index contributed by atoms with van der Waals surface area (Å²) in [5.74, 6) is 0.964. The van der Waals surface area contributed by atoms with Crippen molar-refractivity contribution in [2.45, 2.75) is 69.9 Å². The summed E-state index contributed by atoms with van der Waals surface area (Å²) in [5.41, 5.74) is 6.60. The average Bonchev–Trinajstić information content (AvgIpc) is 3.18. The third-order valence-corrected chi connectivity index (χ3v) is 6.48. The van der Waals surface area contributed by atoms with E-state index in [1.165, 1.54) is 77.5 Å². The first kappa shape index (κ1) is 14.8. The number of nitrogens with zero attached hydrogens (tertiary/aromatic N) is 2. The first-order valence-electron chi connectivity index (χ1n) is 8.96. The van der Waals surface area contributed by atoms with Crippen molar-refractivity contribution in [2.24, 2.45) is 11.7 Å². The van der Waals surface area contributed by atoms with Gasteiger partial charge in [-0.05, 0) is 64.0 Å². The van der Waals surface area contributed by atoms with E-state index in [-0.39, 0.29) is 0 Å². The molecule has 3 heteroatoms. The summed E-state index contributed by atoms with van der Waals surface area (Å²) in [7, 11) is 0. The standard InChI is InChI=1S/C17H33N3/c1-2-15-5-8-17(14-18,9-6-15)20-12-7-16(13-20)19-10-3-4-11-19/h15-16H,2-14,18H2,1H3. The molecule has 1 saturated carbocycles. The van der Waals surface area contributed by atoms with Gasteiger partial charge < -0.3 is 5.73 Å². The lowest BCUT2D eigenvalue weighted by atomic mass is 9.74. The molecule has 3 rings (SSSR count). The maximum Gasteiger partial charge on any atom is 0.0332 e. The van der Waals surface area contributed by atoms with Gasteiger partial charge in [-0.1, -0.05) is 13.3 Å². The largest absolute Gasteiger partial charge is 0.329 e. The lowest BCUT2D eigenvalue weighted by molar-refractivity contribution is 0.0555. The van der Waals surface area contributed by atoms with E-state index in [1.54, 1.807) is 0 Å². The van der Waals surface area contributed by atoms with Crippen LogP contribution in [0, 0.1) is 5.92 Å². The van der Waals surface area contributed by atoms with E-state index < -0.39 is 0 Å². The highest BCUT2D eigenvalue weighted by atomic mass is 15.3. The molecule has 2 aliphatic heterocycles. The average molecular weight is 279 g/mol. The van der Waals surface area contributed by atoms with Crippen molar-refractivity contribution < 1.29 is 0 Å². The molecule has 0 aromatic carbocycles. The second kappa shape index (κ2) is 6.33. The summed E-state index contributed by atoms with van der Waals surface area (Å²) in [5, 5.41) is 0. The van der Waals surface area contributed by atoms with Crippen molar-refractivity contribution in [1.29, 1.82) is 0 Å². The van der Waals surface area contributed by atoms with Gasteiger partial charge in [0.05, 0.1) is 0 Å². The molecule has 2 heterocycles. The van der Waals surface area contributed by atoms with E-state index in [9.17, 15) is 0 Å². The van der Waals surface area contributed by atoms with Gasteiger partial charge in [0.15, 0.2) is 0 Å². The normalized spacial score (nSPS) is 40.5. The van der Waals surface area contributed by atoms with Gasteiger partial charge in [0.25, 0.3) is 0 Å². The summed E-state index contributed by atoms with van der Waals surface area (Å²) in [6, 6.07) is 0.824. The van der Waals surface area contributed by atoms with Crippen LogP contribution in [0.1, 0.15) is 58.3 Å². The highest BCUT2D eigenvalue weighted by molar-refractivity contribution is 5.00. The Kier molecular flexibility index (Phi) is 4.68. The van der Waals surface area contributed by atoms with Crippen molar-refractivity contribution in [3.8, 4) is 0 Å². The van der Waals surface area contributed by atoms with E-state index in [1.807, 2.05) is 0 Å². The molecule has 0 bridgehead atoms. The van der Waals surface area contributed by atoms with Crippen molar-refractivity contribution in [1.82, 2.24) is 9.80 Å². The number of hydrogen-bond acceptors (Lipinski definition) is 3. The highest BCUT2D eigenvalue weighted by Crippen LogP contribution is 2.39. The Morgan fingerprint density at radius 1 is 1.05 bits per heavy atom. The molecule has 3 aliphatic rings. The molecular formula is C17H33N3. The third kappa shape index (κ3) is 2.77. The Morgan fingerprint density at radius 3 is 2.35 bits per heavy atom. The number of hydrogen-bond donors (Lipinski definition) is 1. The fourth-order valence-electron chi connectivity index (χ4n) is 4.85. The minimum absolute atomic E-state index is 0.347. The van der Waals surface area contributed by atoms with Gasteiger partial charge in [-0.2, -0.15) is 0 Å². The quantitative estimate of drug-likeness (QED) is 0.858. The molecule has 0 spiro atoms. The molecule has 2 saturated heterocycles. The predicted octanol–water partition coefficient (Wildman–Crippen LogP) is 2.45. The van der Waals surface area contributed by atoms with Crippen LogP contribution in [0.15, 0.2) is 0 Å². The van der Waals surface area contributed by atoms with Crippen LogP contribution in [-0.4, -0.2) is 54.1 Å². The zero-order chi connectivity index (χ0) is 14.0. The van der Waals surface area contributed by atoms with Gasteiger partial charge in [-0.3, -0.25) is 9.80 Å². The Hall–Kier alpha value is -0.120. The molecule has 0 aromatic heterocycles. The van der Waals surface area contributed by atoms with Gasteiger partial charge in [0, 0.05) is 31.2 Å². The van der Waals surface area contributed by atoms with Crippen LogP contribution in [0.5, 0.6) is 0 Å². The van der Waals surface area contributed by atoms with E-state index >= 15 is 0 Å². The summed E-state index contributed by atoms with van der Waals surface area (Å²) in [6.45, 7) is 8.47. The second-order valence-electron chi connectivity index (χ2n) is 7.41. The summed E-state index contributed by atoms with van der Waals surface area (Å²) in [4.78, 5) is 5.52. The highest BCUT2D eigenvalue weighted by Gasteiger charge is 2.43. The van der Waals surface area contributed by atoms with Crippen molar-refractivity contribution in [3.05, 3.63) is 0 Å². The fraction of sp³-hybridized carbons (Fsp3) is 1.00. The molecule has 116 valence electrons. The number of likely N-dealkylation sites (tertiary alicyclic amines) is 2. The van der Waals surface area contributed by atoms with Crippen LogP contribution < -0.4 is 5.73 Å². The lowest BCUT2D eigenvalue weighted by Crippen LogP contribution is -2.55. The molecule has 3 nitrogen and oxygen atoms in total. The first-order valence-corrected chi connectivity index (χ1v) is 8.96. The SMILES string of the molecule is CCC1CCC(CN)(N2CCC(N3CCCC3)C2)CC1. The minimum Gasteiger partial charge on any atom is -0.329 e. The minimum atomic E-state index is 0.347. The molecule has 1 atom stereocenters. The van der Waals surface area contributed by atoms with Gasteiger partial charge >= 0.3 is 0 Å². The molecule has 0 radical (unpaired) electrons. The van der Waals surface area contributed by atoms with E-state index in [0.717, 1.165) is 18.5 Å². The maximum atomic E-state index is 6.25. The fourth-order valence-corrected chi connectivity index (χ4v) is 4.85. The van der Waals surface area contributed by atoms with E-state index in [2.05, 4.69) is 16.7 Å². The molecule has 1 unspecified atom stereocenters. The number of rotatable bonds is 4. The van der Waals surface area contributed by atoms with Crippen LogP contribution >= 0.6 is 0 Å². The summed E-state index contributed by atoms with van der Waals surface area (Å²) in [6.07, 6.45) is 11.0. The first-order chi connectivity index (χ1) is 9.77. The third-order valence-electron chi connectivity index (χ3n) is 6.48. The molecule has 3 fully saturated rings. The monoisotopic (exact) mass is 279 g/mol. The second-order valence-corrected chi connectivity index (χ2v) is 7.41. The van der Waals surface area contributed by atoms with Gasteiger partial charge in [-0.15, -0.1) is 0 Å². The Morgan fingerprint density at radius 2 is 1.75 bits per heavy atom. The van der Waals surface area contributed by atoms with Crippen molar-refractivity contribution >= 4 is 0 Å². The van der Waals surface area contributed by atoms with E-state index in [0.29, 0.717) is 5.54 Å². The van der Waals surface area contributed by atoms with Crippen LogP contribution in [0.2, 0.25) is 0 Å². The number of nitrogens with two attached hydrogens (primary N) is 1. The van der Waals surface area contributed by atoms with Crippen molar-refractivity contribution in [3.63, 3.8) is 0 Å². The molecular weight excluding hydrogens is 246 g/mol. The molecule has 0 amide bonds. The zero-order valence-corrected chi connectivity index (χ0v) is 13.3. The Bertz CT molecular complexity index is 303. The lowest BCUT2D eigenvalue weighted by Gasteiger charge is -2.46. The van der Waals surface area contributed by atoms with Gasteiger partial charge in [-0.25, -0.2) is 0 Å². The van der Waals surface area contributed by atoms with Crippen molar-refractivity contribution in [2.75, 3.05) is 32.7 Å². The summed E-state index contributed by atoms with van der Waals surface area (Å²) >= 11 is 0. The maximum absolute atomic E-state index is 6.25. The Balaban J connectivity index is 1.59. The van der Waals surface area contributed by atoms with Crippen LogP contribution in [0.25, 0.3) is 0 Å². The molecule has 1 aliphatic carbocycles. The Labute approximate surface area is 124 Å². The van der Waals surface area contributed by atoms with Gasteiger partial charge in [0.1, 0.15) is 0 Å². The topological polar surface area (TPSA) is 32.5 Å². The van der Waals surface area contributed by atoms with Crippen LogP contribution in [0.4, 0.5) is 0 Å². The van der Waals surface area contributed by atoms with Crippen LogP contribution in [-0.2, 0) is 0 Å². The van der Waals surface area contributed by atoms with Gasteiger partial charge in [0.2, 0.25) is 0 Å². The molecule has 2 N–H and O–H groups in total. The predicted molar refractivity (Wildman–Crippen MR) is 84.8 cm³/mol. The smallest absolute Gasteiger partial charge is 0.0332 e.